The Morgan fingerprint density at radius 1 is 1.03 bits per heavy atom. The number of hydrogen-bond acceptors (Lipinski definition) is 4. The second-order valence-corrected chi connectivity index (χ2v) is 8.11. The third-order valence-corrected chi connectivity index (χ3v) is 6.33. The molecule has 148 valence electrons. The molecule has 0 fully saturated rings. The SMILES string of the molecule is Cc1ccccc1[C@H]1C2=C(C[C@H](c3ccco3)CC2=O)Nc2nc3ccccc3n21. The van der Waals surface area contributed by atoms with E-state index < -0.39 is 0 Å². The number of aromatic nitrogens is 2. The first-order valence-corrected chi connectivity index (χ1v) is 10.3. The van der Waals surface area contributed by atoms with Crippen molar-refractivity contribution in [3.05, 3.63) is 95.1 Å². The molecule has 5 heteroatoms. The normalized spacial score (nSPS) is 20.8. The van der Waals surface area contributed by atoms with Crippen LogP contribution in [0.3, 0.4) is 0 Å². The van der Waals surface area contributed by atoms with Gasteiger partial charge in [-0.05, 0) is 48.7 Å². The Morgan fingerprint density at radius 3 is 2.70 bits per heavy atom. The lowest BCUT2D eigenvalue weighted by Crippen LogP contribution is -2.33. The molecule has 0 bridgehead atoms. The summed E-state index contributed by atoms with van der Waals surface area (Å²) in [6.45, 7) is 2.11. The zero-order chi connectivity index (χ0) is 20.2. The number of nitrogens with one attached hydrogen (secondary N) is 1. The number of aryl methyl sites for hydroxylation is 1. The van der Waals surface area contributed by atoms with Crippen LogP contribution in [0.4, 0.5) is 5.95 Å². The highest BCUT2D eigenvalue weighted by Gasteiger charge is 2.40. The molecule has 2 atom stereocenters. The highest BCUT2D eigenvalue weighted by molar-refractivity contribution is 6.01. The van der Waals surface area contributed by atoms with Crippen molar-refractivity contribution in [3.63, 3.8) is 0 Å². The van der Waals surface area contributed by atoms with E-state index in [9.17, 15) is 4.79 Å². The molecule has 0 amide bonds. The second-order valence-electron chi connectivity index (χ2n) is 8.11. The fourth-order valence-electron chi connectivity index (χ4n) is 4.94. The van der Waals surface area contributed by atoms with Gasteiger partial charge in [-0.3, -0.25) is 9.36 Å². The number of carbonyl (C=O) groups excluding carboxylic acids is 1. The molecule has 0 unspecified atom stereocenters. The van der Waals surface area contributed by atoms with Crippen molar-refractivity contribution in [2.24, 2.45) is 0 Å². The standard InChI is InChI=1S/C25H21N3O2/c1-15-7-2-3-8-17(15)24-23-19(13-16(14-21(23)29)22-11-6-12-30-22)27-25-26-18-9-4-5-10-20(18)28(24)25/h2-12,16,24H,13-14H2,1H3,(H,26,27)/t16-,24-/m0/s1. The third-order valence-electron chi connectivity index (χ3n) is 6.33. The highest BCUT2D eigenvalue weighted by Crippen LogP contribution is 2.46. The summed E-state index contributed by atoms with van der Waals surface area (Å²) in [7, 11) is 0. The number of fused-ring (bicyclic) bond motifs is 3. The number of nitrogens with zero attached hydrogens (tertiary/aromatic N) is 2. The topological polar surface area (TPSA) is 60.1 Å². The van der Waals surface area contributed by atoms with Crippen molar-refractivity contribution >= 4 is 22.8 Å². The molecular weight excluding hydrogens is 374 g/mol. The van der Waals surface area contributed by atoms with Crippen molar-refractivity contribution in [2.75, 3.05) is 5.32 Å². The van der Waals surface area contributed by atoms with Crippen molar-refractivity contribution in [1.29, 1.82) is 0 Å². The molecule has 2 aromatic heterocycles. The monoisotopic (exact) mass is 395 g/mol. The quantitative estimate of drug-likeness (QED) is 0.497. The Morgan fingerprint density at radius 2 is 1.87 bits per heavy atom. The van der Waals surface area contributed by atoms with E-state index in [-0.39, 0.29) is 17.7 Å². The molecule has 2 aliphatic rings. The van der Waals surface area contributed by atoms with Gasteiger partial charge in [-0.15, -0.1) is 0 Å². The van der Waals surface area contributed by atoms with Gasteiger partial charge in [0.25, 0.3) is 0 Å². The molecule has 30 heavy (non-hydrogen) atoms. The number of para-hydroxylation sites is 2. The van der Waals surface area contributed by atoms with Crippen LogP contribution in [0.1, 0.15) is 41.7 Å². The molecular formula is C25H21N3O2. The average molecular weight is 395 g/mol. The van der Waals surface area contributed by atoms with Crippen molar-refractivity contribution in [2.45, 2.75) is 31.7 Å². The van der Waals surface area contributed by atoms with Crippen LogP contribution in [0, 0.1) is 6.92 Å². The second kappa shape index (κ2) is 6.46. The summed E-state index contributed by atoms with van der Waals surface area (Å²) in [4.78, 5) is 18.4. The number of Topliss-reactive ketones (excluding diaryl/α,β-unsaturated/α-hetero) is 1. The first kappa shape index (κ1) is 17.3. The maximum atomic E-state index is 13.5. The number of hydrogen-bond donors (Lipinski definition) is 1. The molecule has 0 saturated carbocycles. The maximum Gasteiger partial charge on any atom is 0.209 e. The van der Waals surface area contributed by atoms with Crippen LogP contribution < -0.4 is 5.32 Å². The van der Waals surface area contributed by atoms with Crippen LogP contribution in [-0.4, -0.2) is 15.3 Å². The zero-order valence-electron chi connectivity index (χ0n) is 16.6. The Balaban J connectivity index is 1.58. The number of benzene rings is 2. The van der Waals surface area contributed by atoms with Crippen LogP contribution in [0.15, 0.2) is 82.6 Å². The molecule has 1 N–H and O–H groups in total. The fourth-order valence-corrected chi connectivity index (χ4v) is 4.94. The predicted molar refractivity (Wildman–Crippen MR) is 115 cm³/mol. The van der Waals surface area contributed by atoms with E-state index in [1.807, 2.05) is 42.5 Å². The van der Waals surface area contributed by atoms with Gasteiger partial charge in [-0.25, -0.2) is 4.98 Å². The fraction of sp³-hybridized carbons (Fsp3) is 0.200. The van der Waals surface area contributed by atoms with E-state index in [1.165, 1.54) is 5.56 Å². The predicted octanol–water partition coefficient (Wildman–Crippen LogP) is 5.35. The van der Waals surface area contributed by atoms with E-state index in [0.29, 0.717) is 6.42 Å². The van der Waals surface area contributed by atoms with Gasteiger partial charge in [0, 0.05) is 23.6 Å². The molecule has 0 radical (unpaired) electrons. The molecule has 0 saturated heterocycles. The third kappa shape index (κ3) is 2.48. The molecule has 3 heterocycles. The number of carbonyl (C=O) groups is 1. The van der Waals surface area contributed by atoms with E-state index in [0.717, 1.165) is 46.0 Å². The summed E-state index contributed by atoms with van der Waals surface area (Å²) in [6.07, 6.45) is 2.87. The van der Waals surface area contributed by atoms with Gasteiger partial charge in [0.15, 0.2) is 5.78 Å². The van der Waals surface area contributed by atoms with Gasteiger partial charge < -0.3 is 9.73 Å². The lowest BCUT2D eigenvalue weighted by atomic mass is 9.79. The Bertz CT molecular complexity index is 1310. The van der Waals surface area contributed by atoms with E-state index >= 15 is 0 Å². The molecule has 1 aliphatic carbocycles. The molecule has 6 rings (SSSR count). The number of furan rings is 1. The largest absolute Gasteiger partial charge is 0.469 e. The van der Waals surface area contributed by atoms with Gasteiger partial charge >= 0.3 is 0 Å². The van der Waals surface area contributed by atoms with Crippen molar-refractivity contribution < 1.29 is 9.21 Å². The van der Waals surface area contributed by atoms with Crippen LogP contribution >= 0.6 is 0 Å². The van der Waals surface area contributed by atoms with Gasteiger partial charge in [0.1, 0.15) is 5.76 Å². The summed E-state index contributed by atoms with van der Waals surface area (Å²) in [5.41, 5.74) is 6.07. The first-order valence-electron chi connectivity index (χ1n) is 10.3. The van der Waals surface area contributed by atoms with Crippen molar-refractivity contribution in [1.82, 2.24) is 9.55 Å². The van der Waals surface area contributed by atoms with E-state index in [4.69, 9.17) is 9.40 Å². The van der Waals surface area contributed by atoms with Crippen LogP contribution in [0.25, 0.3) is 11.0 Å². The number of rotatable bonds is 2. The summed E-state index contributed by atoms with van der Waals surface area (Å²) < 4.78 is 7.81. The lowest BCUT2D eigenvalue weighted by Gasteiger charge is -2.36. The molecule has 1 aliphatic heterocycles. The molecule has 0 spiro atoms. The molecule has 5 nitrogen and oxygen atoms in total. The summed E-state index contributed by atoms with van der Waals surface area (Å²) in [5.74, 6) is 1.87. The average Bonchev–Trinajstić information content (AvgIpc) is 3.40. The van der Waals surface area contributed by atoms with Crippen LogP contribution in [0.2, 0.25) is 0 Å². The maximum absolute atomic E-state index is 13.5. The Kier molecular flexibility index (Phi) is 3.72. The Hall–Kier alpha value is -3.60. The van der Waals surface area contributed by atoms with Gasteiger partial charge in [-0.2, -0.15) is 0 Å². The minimum Gasteiger partial charge on any atom is -0.469 e. The minimum absolute atomic E-state index is 0.0483. The Labute approximate surface area is 174 Å². The van der Waals surface area contributed by atoms with E-state index in [2.05, 4.69) is 35.0 Å². The number of imidazole rings is 1. The van der Waals surface area contributed by atoms with Gasteiger partial charge in [0.05, 0.1) is 23.3 Å². The summed E-state index contributed by atoms with van der Waals surface area (Å²) >= 11 is 0. The molecule has 4 aromatic rings. The summed E-state index contributed by atoms with van der Waals surface area (Å²) in [5, 5.41) is 3.50. The smallest absolute Gasteiger partial charge is 0.209 e. The van der Waals surface area contributed by atoms with E-state index in [1.54, 1.807) is 6.26 Å². The molecule has 2 aromatic carbocycles. The van der Waals surface area contributed by atoms with Crippen LogP contribution in [0.5, 0.6) is 0 Å². The minimum atomic E-state index is -0.185. The first-order chi connectivity index (χ1) is 14.7. The zero-order valence-corrected chi connectivity index (χ0v) is 16.6. The highest BCUT2D eigenvalue weighted by atomic mass is 16.3. The number of anilines is 1. The number of ketones is 1. The van der Waals surface area contributed by atoms with Gasteiger partial charge in [0.2, 0.25) is 5.95 Å². The number of allylic oxidation sites excluding steroid dienone is 2. The lowest BCUT2D eigenvalue weighted by molar-refractivity contribution is -0.116. The van der Waals surface area contributed by atoms with Crippen molar-refractivity contribution in [3.8, 4) is 0 Å². The summed E-state index contributed by atoms with van der Waals surface area (Å²) in [6, 6.07) is 20.1. The van der Waals surface area contributed by atoms with Crippen LogP contribution in [-0.2, 0) is 4.79 Å². The van der Waals surface area contributed by atoms with Gasteiger partial charge in [-0.1, -0.05) is 36.4 Å².